The van der Waals surface area contributed by atoms with E-state index < -0.39 is 0 Å². The van der Waals surface area contributed by atoms with E-state index in [2.05, 4.69) is 81.4 Å². The van der Waals surface area contributed by atoms with E-state index in [-0.39, 0.29) is 0 Å². The van der Waals surface area contributed by atoms with Crippen LogP contribution < -0.4 is 0 Å². The molecule has 0 radical (unpaired) electrons. The maximum atomic E-state index is 2.70. The van der Waals surface area contributed by atoms with Crippen molar-refractivity contribution < 1.29 is 0 Å². The van der Waals surface area contributed by atoms with Crippen molar-refractivity contribution in [3.8, 4) is 0 Å². The zero-order valence-corrected chi connectivity index (χ0v) is 20.6. The van der Waals surface area contributed by atoms with Crippen LogP contribution in [0.25, 0.3) is 16.3 Å². The zero-order chi connectivity index (χ0) is 22.1. The average molecular weight is 428 g/mol. The third kappa shape index (κ3) is 2.99. The number of benzene rings is 2. The van der Waals surface area contributed by atoms with Crippen LogP contribution in [0.4, 0.5) is 0 Å². The van der Waals surface area contributed by atoms with Crippen molar-refractivity contribution in [1.82, 2.24) is 4.90 Å². The van der Waals surface area contributed by atoms with Crippen LogP contribution in [0.15, 0.2) is 48.5 Å². The highest BCUT2D eigenvalue weighted by atomic mass is 15.1. The molecule has 32 heavy (non-hydrogen) atoms. The molecule has 0 aromatic heterocycles. The van der Waals surface area contributed by atoms with Gasteiger partial charge < -0.3 is 4.90 Å². The summed E-state index contributed by atoms with van der Waals surface area (Å²) in [6.45, 7) is 5.33. The Balaban J connectivity index is 1.28. The largest absolute Gasteiger partial charge is 0.306 e. The van der Waals surface area contributed by atoms with Crippen molar-refractivity contribution >= 4 is 16.3 Å². The van der Waals surface area contributed by atoms with E-state index in [4.69, 9.17) is 0 Å². The van der Waals surface area contributed by atoms with E-state index in [0.717, 1.165) is 29.7 Å². The first-order chi connectivity index (χ1) is 15.4. The normalized spacial score (nSPS) is 41.2. The van der Waals surface area contributed by atoms with Crippen LogP contribution in [0, 0.1) is 34.5 Å². The Morgan fingerprint density at radius 3 is 2.47 bits per heavy atom. The van der Waals surface area contributed by atoms with E-state index >= 15 is 0 Å². The first-order valence-corrected chi connectivity index (χ1v) is 13.3. The Labute approximate surface area is 195 Å². The van der Waals surface area contributed by atoms with Crippen LogP contribution >= 0.6 is 0 Å². The highest BCUT2D eigenvalue weighted by molar-refractivity contribution is 5.87. The Morgan fingerprint density at radius 2 is 1.66 bits per heavy atom. The van der Waals surface area contributed by atoms with Gasteiger partial charge in [0.2, 0.25) is 0 Å². The minimum absolute atomic E-state index is 0.369. The molecule has 0 heterocycles. The van der Waals surface area contributed by atoms with Crippen LogP contribution in [0.2, 0.25) is 0 Å². The van der Waals surface area contributed by atoms with Crippen molar-refractivity contribution in [2.24, 2.45) is 34.5 Å². The lowest BCUT2D eigenvalue weighted by Gasteiger charge is -2.61. The highest BCUT2D eigenvalue weighted by Crippen LogP contribution is 2.67. The van der Waals surface area contributed by atoms with E-state index in [1.54, 1.807) is 5.57 Å². The molecule has 4 aliphatic rings. The van der Waals surface area contributed by atoms with Gasteiger partial charge in [0.15, 0.2) is 0 Å². The molecule has 0 saturated heterocycles. The Kier molecular flexibility index (Phi) is 4.88. The van der Waals surface area contributed by atoms with E-state index in [9.17, 15) is 0 Å². The van der Waals surface area contributed by atoms with Crippen LogP contribution in [0.5, 0.6) is 0 Å². The molecule has 0 spiro atoms. The summed E-state index contributed by atoms with van der Waals surface area (Å²) >= 11 is 0. The third-order valence-corrected chi connectivity index (χ3v) is 11.0. The first kappa shape index (κ1) is 21.0. The van der Waals surface area contributed by atoms with Gasteiger partial charge in [-0.1, -0.05) is 56.3 Å². The second-order valence-electron chi connectivity index (χ2n) is 12.4. The van der Waals surface area contributed by atoms with Gasteiger partial charge in [-0.05, 0) is 128 Å². The van der Waals surface area contributed by atoms with Crippen molar-refractivity contribution in [2.45, 2.75) is 71.3 Å². The summed E-state index contributed by atoms with van der Waals surface area (Å²) in [4.78, 5) is 2.50. The maximum Gasteiger partial charge on any atom is 0.00922 e. The van der Waals surface area contributed by atoms with Crippen molar-refractivity contribution in [3.05, 3.63) is 54.1 Å². The Hall–Kier alpha value is -1.60. The monoisotopic (exact) mass is 427 g/mol. The summed E-state index contributed by atoms with van der Waals surface area (Å²) in [5.41, 5.74) is 4.10. The van der Waals surface area contributed by atoms with Gasteiger partial charge in [-0.3, -0.25) is 0 Å². The molecule has 1 nitrogen and oxygen atoms in total. The molecule has 7 atom stereocenters. The molecule has 4 aliphatic carbocycles. The standard InChI is InChI=1S/C31H41N/c1-30-17-15-25(32(3)4)20-24(30)11-12-26-28-14-13-27(31(28,2)18-16-29(26)30)23-10-9-21-7-5-6-8-22(21)19-23/h5-10,13,19,24-26,28-29H,11-12,14-18,20H2,1-4H3/t24-,25+,26-,28-,29-,30-,31+/m0/s1. The van der Waals surface area contributed by atoms with Crippen molar-refractivity contribution in [3.63, 3.8) is 0 Å². The van der Waals surface area contributed by atoms with Crippen molar-refractivity contribution in [2.75, 3.05) is 14.1 Å². The van der Waals surface area contributed by atoms with E-state index in [1.165, 1.54) is 67.7 Å². The van der Waals surface area contributed by atoms with Gasteiger partial charge in [-0.2, -0.15) is 0 Å². The summed E-state index contributed by atoms with van der Waals surface area (Å²) in [5.74, 6) is 3.68. The number of fused-ring (bicyclic) bond motifs is 6. The number of allylic oxidation sites excluding steroid dienone is 2. The topological polar surface area (TPSA) is 3.24 Å². The van der Waals surface area contributed by atoms with E-state index in [1.807, 2.05) is 0 Å². The smallest absolute Gasteiger partial charge is 0.00922 e. The summed E-state index contributed by atoms with van der Waals surface area (Å²) < 4.78 is 0. The number of nitrogens with zero attached hydrogens (tertiary/aromatic N) is 1. The molecule has 0 bridgehead atoms. The van der Waals surface area contributed by atoms with Gasteiger partial charge >= 0.3 is 0 Å². The molecule has 2 aromatic carbocycles. The fourth-order valence-electron chi connectivity index (χ4n) is 9.08. The second kappa shape index (κ2) is 7.45. The summed E-state index contributed by atoms with van der Waals surface area (Å²) in [7, 11) is 4.59. The molecule has 2 aromatic rings. The van der Waals surface area contributed by atoms with Gasteiger partial charge in [0.05, 0.1) is 0 Å². The lowest BCUT2D eigenvalue weighted by atomic mass is 9.44. The fourth-order valence-corrected chi connectivity index (χ4v) is 9.08. The molecule has 0 unspecified atom stereocenters. The lowest BCUT2D eigenvalue weighted by Crippen LogP contribution is -2.54. The predicted octanol–water partition coefficient (Wildman–Crippen LogP) is 7.81. The molecular formula is C31H41N. The first-order valence-electron chi connectivity index (χ1n) is 13.3. The Morgan fingerprint density at radius 1 is 0.844 bits per heavy atom. The molecule has 0 amide bonds. The SMILES string of the molecule is CN(C)[C@@H]1CC[C@@]2(C)[C@@H](CC[C@@H]3[C@@H]2CC[C@]2(C)C(c4ccc5ccccc5c4)=CC[C@@H]32)C1. The molecule has 170 valence electrons. The van der Waals surface area contributed by atoms with Crippen LogP contribution in [0.1, 0.15) is 70.8 Å². The molecule has 0 aliphatic heterocycles. The van der Waals surface area contributed by atoms with Gasteiger partial charge in [-0.25, -0.2) is 0 Å². The predicted molar refractivity (Wildman–Crippen MR) is 137 cm³/mol. The molecular weight excluding hydrogens is 386 g/mol. The fraction of sp³-hybridized carbons (Fsp3) is 0.613. The Bertz CT molecular complexity index is 1050. The van der Waals surface area contributed by atoms with Crippen LogP contribution in [0.3, 0.4) is 0 Å². The second-order valence-corrected chi connectivity index (χ2v) is 12.4. The molecule has 1 heteroatoms. The van der Waals surface area contributed by atoms with Crippen molar-refractivity contribution in [1.29, 1.82) is 0 Å². The van der Waals surface area contributed by atoms with Gasteiger partial charge in [0.1, 0.15) is 0 Å². The summed E-state index contributed by atoms with van der Waals surface area (Å²) in [5, 5.41) is 2.75. The van der Waals surface area contributed by atoms with Gasteiger partial charge in [-0.15, -0.1) is 0 Å². The minimum Gasteiger partial charge on any atom is -0.306 e. The zero-order valence-electron chi connectivity index (χ0n) is 20.6. The average Bonchev–Trinajstić information content (AvgIpc) is 3.15. The summed E-state index contributed by atoms with van der Waals surface area (Å²) in [6, 6.07) is 16.8. The minimum atomic E-state index is 0.369. The number of hydrogen-bond donors (Lipinski definition) is 0. The highest BCUT2D eigenvalue weighted by Gasteiger charge is 2.58. The maximum absolute atomic E-state index is 2.70. The van der Waals surface area contributed by atoms with Gasteiger partial charge in [0, 0.05) is 6.04 Å². The third-order valence-electron chi connectivity index (χ3n) is 11.0. The quantitative estimate of drug-likeness (QED) is 0.472. The van der Waals surface area contributed by atoms with E-state index in [0.29, 0.717) is 10.8 Å². The summed E-state index contributed by atoms with van der Waals surface area (Å²) in [6.07, 6.45) is 14.0. The molecule has 3 saturated carbocycles. The van der Waals surface area contributed by atoms with Gasteiger partial charge in [0.25, 0.3) is 0 Å². The lowest BCUT2D eigenvalue weighted by molar-refractivity contribution is -0.106. The molecule has 3 fully saturated rings. The van der Waals surface area contributed by atoms with Crippen LogP contribution in [-0.2, 0) is 0 Å². The number of rotatable bonds is 2. The molecule has 0 N–H and O–H groups in total. The number of hydrogen-bond acceptors (Lipinski definition) is 1. The van der Waals surface area contributed by atoms with Crippen LogP contribution in [-0.4, -0.2) is 25.0 Å². The molecule has 6 rings (SSSR count).